The summed E-state index contributed by atoms with van der Waals surface area (Å²) < 4.78 is 0. The lowest BCUT2D eigenvalue weighted by Gasteiger charge is -2.20. The van der Waals surface area contributed by atoms with Crippen molar-refractivity contribution in [2.75, 3.05) is 25.0 Å². The van der Waals surface area contributed by atoms with E-state index >= 15 is 0 Å². The van der Waals surface area contributed by atoms with Crippen LogP contribution >= 0.6 is 0 Å². The maximum atomic E-state index is 11.9. The molecule has 112 valence electrons. The van der Waals surface area contributed by atoms with Crippen molar-refractivity contribution in [3.63, 3.8) is 0 Å². The molecule has 0 bridgehead atoms. The number of fused-ring (bicyclic) bond motifs is 1. The van der Waals surface area contributed by atoms with Crippen LogP contribution in [0.25, 0.3) is 0 Å². The maximum Gasteiger partial charge on any atom is 0.239 e. The molecule has 0 saturated carbocycles. The van der Waals surface area contributed by atoms with Crippen LogP contribution in [0.3, 0.4) is 0 Å². The first-order valence-electron chi connectivity index (χ1n) is 7.42. The van der Waals surface area contributed by atoms with Crippen LogP contribution in [-0.2, 0) is 17.6 Å². The number of anilines is 1. The molecule has 1 aliphatic rings. The van der Waals surface area contributed by atoms with Crippen LogP contribution in [0.5, 0.6) is 0 Å². The van der Waals surface area contributed by atoms with Gasteiger partial charge in [-0.05, 0) is 36.8 Å². The number of carbonyl (C=O) groups excluding carboxylic acids is 1. The minimum absolute atomic E-state index is 0.0441. The Morgan fingerprint density at radius 1 is 1.52 bits per heavy atom. The lowest BCUT2D eigenvalue weighted by Crippen LogP contribution is -2.37. The number of carbonyl (C=O) groups is 1. The fraction of sp³-hybridized carbons (Fsp3) is 0.562. The van der Waals surface area contributed by atoms with Crippen molar-refractivity contribution in [1.82, 2.24) is 10.3 Å². The summed E-state index contributed by atoms with van der Waals surface area (Å²) in [4.78, 5) is 18.3. The minimum atomic E-state index is -0.0441. The SMILES string of the molecule is CC(C)CNC(=O)CN(C)c1nc2c(cc1C#N)CCC2. The number of amides is 1. The Morgan fingerprint density at radius 2 is 2.29 bits per heavy atom. The fourth-order valence-corrected chi connectivity index (χ4v) is 2.50. The normalized spacial score (nSPS) is 12.9. The van der Waals surface area contributed by atoms with Gasteiger partial charge in [-0.3, -0.25) is 4.79 Å². The molecule has 0 fully saturated rings. The first-order valence-corrected chi connectivity index (χ1v) is 7.42. The van der Waals surface area contributed by atoms with Crippen molar-refractivity contribution in [2.24, 2.45) is 5.92 Å². The molecule has 0 aliphatic heterocycles. The number of pyridine rings is 1. The van der Waals surface area contributed by atoms with E-state index in [1.807, 2.05) is 6.07 Å². The molecule has 2 rings (SSSR count). The van der Waals surface area contributed by atoms with Crippen LogP contribution < -0.4 is 10.2 Å². The van der Waals surface area contributed by atoms with Gasteiger partial charge in [0.15, 0.2) is 0 Å². The van der Waals surface area contributed by atoms with Crippen LogP contribution in [0.4, 0.5) is 5.82 Å². The van der Waals surface area contributed by atoms with E-state index in [0.717, 1.165) is 25.0 Å². The number of hydrogen-bond donors (Lipinski definition) is 1. The standard InChI is InChI=1S/C16H22N4O/c1-11(2)9-18-15(21)10-20(3)16-13(8-17)7-12-5-4-6-14(12)19-16/h7,11H,4-6,9-10H2,1-3H3,(H,18,21). The molecule has 0 atom stereocenters. The number of rotatable bonds is 5. The number of aromatic nitrogens is 1. The Morgan fingerprint density at radius 3 is 2.95 bits per heavy atom. The summed E-state index contributed by atoms with van der Waals surface area (Å²) in [7, 11) is 1.81. The zero-order valence-electron chi connectivity index (χ0n) is 12.9. The van der Waals surface area contributed by atoms with E-state index in [1.165, 1.54) is 5.56 Å². The van der Waals surface area contributed by atoms with E-state index in [4.69, 9.17) is 0 Å². The highest BCUT2D eigenvalue weighted by molar-refractivity contribution is 5.81. The first-order chi connectivity index (χ1) is 10.0. The number of nitrogens with zero attached hydrogens (tertiary/aromatic N) is 3. The van der Waals surface area contributed by atoms with Crippen molar-refractivity contribution in [3.8, 4) is 6.07 Å². The largest absolute Gasteiger partial charge is 0.354 e. The van der Waals surface area contributed by atoms with Gasteiger partial charge in [0.2, 0.25) is 5.91 Å². The van der Waals surface area contributed by atoms with Crippen molar-refractivity contribution in [3.05, 3.63) is 22.9 Å². The zero-order valence-corrected chi connectivity index (χ0v) is 12.9. The predicted molar refractivity (Wildman–Crippen MR) is 82.1 cm³/mol. The molecule has 1 aromatic heterocycles. The van der Waals surface area contributed by atoms with Gasteiger partial charge in [-0.2, -0.15) is 5.26 Å². The lowest BCUT2D eigenvalue weighted by molar-refractivity contribution is -0.119. The highest BCUT2D eigenvalue weighted by Gasteiger charge is 2.19. The molecule has 1 aliphatic carbocycles. The quantitative estimate of drug-likeness (QED) is 0.893. The summed E-state index contributed by atoms with van der Waals surface area (Å²) in [5, 5.41) is 12.2. The number of aryl methyl sites for hydroxylation is 2. The Balaban J connectivity index is 2.10. The molecule has 0 saturated heterocycles. The predicted octanol–water partition coefficient (Wildman–Crippen LogP) is 1.65. The highest BCUT2D eigenvalue weighted by Crippen LogP contribution is 2.26. The summed E-state index contributed by atoms with van der Waals surface area (Å²) >= 11 is 0. The molecule has 1 amide bonds. The third-order valence-electron chi connectivity index (χ3n) is 3.60. The van der Waals surface area contributed by atoms with Crippen molar-refractivity contribution in [1.29, 1.82) is 5.26 Å². The Bertz CT molecular complexity index is 574. The average molecular weight is 286 g/mol. The monoisotopic (exact) mass is 286 g/mol. The van der Waals surface area contributed by atoms with Gasteiger partial charge in [0, 0.05) is 19.3 Å². The van der Waals surface area contributed by atoms with Crippen molar-refractivity contribution < 1.29 is 4.79 Å². The summed E-state index contributed by atoms with van der Waals surface area (Å²) in [5.41, 5.74) is 2.79. The van der Waals surface area contributed by atoms with Gasteiger partial charge in [-0.15, -0.1) is 0 Å². The third-order valence-corrected chi connectivity index (χ3v) is 3.60. The zero-order chi connectivity index (χ0) is 15.4. The summed E-state index contributed by atoms with van der Waals surface area (Å²) in [6.45, 7) is 4.99. The fourth-order valence-electron chi connectivity index (χ4n) is 2.50. The molecule has 0 aromatic carbocycles. The van der Waals surface area contributed by atoms with Gasteiger partial charge in [0.05, 0.1) is 12.1 Å². The molecule has 5 nitrogen and oxygen atoms in total. The first kappa shape index (κ1) is 15.3. The molecule has 0 spiro atoms. The number of hydrogen-bond acceptors (Lipinski definition) is 4. The van der Waals surface area contributed by atoms with E-state index in [2.05, 4.69) is 30.2 Å². The van der Waals surface area contributed by atoms with Crippen LogP contribution in [0, 0.1) is 17.2 Å². The molecule has 0 radical (unpaired) electrons. The summed E-state index contributed by atoms with van der Waals surface area (Å²) in [5.74, 6) is 0.988. The summed E-state index contributed by atoms with van der Waals surface area (Å²) in [6.07, 6.45) is 3.05. The van der Waals surface area contributed by atoms with Crippen molar-refractivity contribution >= 4 is 11.7 Å². The van der Waals surface area contributed by atoms with E-state index in [-0.39, 0.29) is 12.5 Å². The molecule has 1 aromatic rings. The molecule has 1 N–H and O–H groups in total. The molecule has 5 heteroatoms. The maximum absolute atomic E-state index is 11.9. The minimum Gasteiger partial charge on any atom is -0.354 e. The van der Waals surface area contributed by atoms with Gasteiger partial charge < -0.3 is 10.2 Å². The number of nitrogens with one attached hydrogen (secondary N) is 1. The second kappa shape index (κ2) is 6.57. The Labute approximate surface area is 126 Å². The third kappa shape index (κ3) is 3.72. The molecule has 21 heavy (non-hydrogen) atoms. The van der Waals surface area contributed by atoms with Gasteiger partial charge in [0.25, 0.3) is 0 Å². The molecule has 0 unspecified atom stereocenters. The van der Waals surface area contributed by atoms with Crippen LogP contribution in [0.2, 0.25) is 0 Å². The van der Waals surface area contributed by atoms with E-state index < -0.39 is 0 Å². The Kier molecular flexibility index (Phi) is 4.79. The molecular formula is C16H22N4O. The van der Waals surface area contributed by atoms with E-state index in [0.29, 0.717) is 23.8 Å². The van der Waals surface area contributed by atoms with Gasteiger partial charge in [0.1, 0.15) is 11.9 Å². The van der Waals surface area contributed by atoms with Gasteiger partial charge in [-0.25, -0.2) is 4.98 Å². The highest BCUT2D eigenvalue weighted by atomic mass is 16.2. The van der Waals surface area contributed by atoms with Crippen molar-refractivity contribution in [2.45, 2.75) is 33.1 Å². The molecule has 1 heterocycles. The smallest absolute Gasteiger partial charge is 0.239 e. The van der Waals surface area contributed by atoms with E-state index in [1.54, 1.807) is 11.9 Å². The number of nitriles is 1. The molecular weight excluding hydrogens is 264 g/mol. The van der Waals surface area contributed by atoms with E-state index in [9.17, 15) is 10.1 Å². The lowest BCUT2D eigenvalue weighted by atomic mass is 10.1. The topological polar surface area (TPSA) is 69.0 Å². The van der Waals surface area contributed by atoms with Crippen LogP contribution in [0.15, 0.2) is 6.07 Å². The van der Waals surface area contributed by atoms with Gasteiger partial charge >= 0.3 is 0 Å². The van der Waals surface area contributed by atoms with Crippen LogP contribution in [0.1, 0.15) is 37.1 Å². The second-order valence-corrected chi connectivity index (χ2v) is 5.98. The summed E-state index contributed by atoms with van der Waals surface area (Å²) in [6, 6.07) is 4.12. The van der Waals surface area contributed by atoms with Crippen LogP contribution in [-0.4, -0.2) is 31.0 Å². The second-order valence-electron chi connectivity index (χ2n) is 5.98. The average Bonchev–Trinajstić information content (AvgIpc) is 2.90. The number of likely N-dealkylation sites (N-methyl/N-ethyl adjacent to an activating group) is 1. The Hall–Kier alpha value is -2.09. The van der Waals surface area contributed by atoms with Gasteiger partial charge in [-0.1, -0.05) is 13.8 Å².